The van der Waals surface area contributed by atoms with Crippen molar-refractivity contribution in [3.8, 4) is 0 Å². The highest BCUT2D eigenvalue weighted by Gasteiger charge is 2.04. The average Bonchev–Trinajstić information content (AvgIpc) is 2.03. The summed E-state index contributed by atoms with van der Waals surface area (Å²) in [5.41, 5.74) is 0. The molecule has 0 aromatic heterocycles. The minimum Gasteiger partial charge on any atom is -0.508 e. The third-order valence-electron chi connectivity index (χ3n) is 1.60. The van der Waals surface area contributed by atoms with E-state index in [1.54, 1.807) is 24.3 Å². The van der Waals surface area contributed by atoms with Gasteiger partial charge in [0.05, 0.1) is 0 Å². The Morgan fingerprint density at radius 1 is 1.67 bits per heavy atom. The quantitative estimate of drug-likeness (QED) is 0.613. The van der Waals surface area contributed by atoms with Gasteiger partial charge in [-0.05, 0) is 24.5 Å². The molecule has 0 fully saturated rings. The van der Waals surface area contributed by atoms with Crippen LogP contribution in [0.15, 0.2) is 36.1 Å². The maximum atomic E-state index is 10.1. The molecule has 0 aromatic rings. The number of hydrogen-bond acceptors (Lipinski definition) is 2. The molecule has 0 amide bonds. The average molecular weight is 166 g/mol. The number of carbonyl (C=O) groups is 1. The molecule has 0 bridgehead atoms. The van der Waals surface area contributed by atoms with Crippen molar-refractivity contribution in [3.63, 3.8) is 0 Å². The first-order valence-corrected chi connectivity index (χ1v) is 3.67. The van der Waals surface area contributed by atoms with Crippen LogP contribution in [0.2, 0.25) is 0 Å². The minimum absolute atomic E-state index is 0.0944. The van der Waals surface area contributed by atoms with Crippen molar-refractivity contribution in [1.29, 1.82) is 0 Å². The third-order valence-corrected chi connectivity index (χ3v) is 1.60. The molecule has 1 atom stereocenters. The van der Waals surface area contributed by atoms with Crippen molar-refractivity contribution in [3.05, 3.63) is 36.1 Å². The second-order valence-electron chi connectivity index (χ2n) is 2.59. The first kappa shape index (κ1) is 8.59. The summed E-state index contributed by atoms with van der Waals surface area (Å²) in [7, 11) is 0. The molecule has 3 heteroatoms. The summed E-state index contributed by atoms with van der Waals surface area (Å²) >= 11 is 0. The summed E-state index contributed by atoms with van der Waals surface area (Å²) in [5, 5.41) is 17.3. The van der Waals surface area contributed by atoms with Crippen LogP contribution in [-0.4, -0.2) is 16.2 Å². The number of aliphatic hydroxyl groups is 1. The summed E-state index contributed by atoms with van der Waals surface area (Å²) in [6.07, 6.45) is 8.38. The van der Waals surface area contributed by atoms with Gasteiger partial charge in [0.2, 0.25) is 0 Å². The molecule has 3 nitrogen and oxygen atoms in total. The Morgan fingerprint density at radius 2 is 2.42 bits per heavy atom. The first-order valence-electron chi connectivity index (χ1n) is 3.67. The van der Waals surface area contributed by atoms with Gasteiger partial charge in [0, 0.05) is 6.08 Å². The van der Waals surface area contributed by atoms with E-state index in [1.165, 1.54) is 0 Å². The highest BCUT2D eigenvalue weighted by atomic mass is 16.4. The van der Waals surface area contributed by atoms with E-state index < -0.39 is 5.97 Å². The van der Waals surface area contributed by atoms with Crippen LogP contribution >= 0.6 is 0 Å². The number of aliphatic carboxylic acids is 1. The Morgan fingerprint density at radius 3 is 2.92 bits per heavy atom. The van der Waals surface area contributed by atoms with Gasteiger partial charge in [-0.2, -0.15) is 0 Å². The van der Waals surface area contributed by atoms with Crippen LogP contribution in [0.3, 0.4) is 0 Å². The van der Waals surface area contributed by atoms with E-state index in [-0.39, 0.29) is 11.7 Å². The van der Waals surface area contributed by atoms with Gasteiger partial charge < -0.3 is 10.2 Å². The molecule has 1 unspecified atom stereocenters. The Hall–Kier alpha value is -1.51. The summed E-state index contributed by atoms with van der Waals surface area (Å²) in [6, 6.07) is 0. The van der Waals surface area contributed by atoms with E-state index in [1.807, 2.05) is 0 Å². The largest absolute Gasteiger partial charge is 0.508 e. The zero-order chi connectivity index (χ0) is 8.97. The van der Waals surface area contributed by atoms with Crippen molar-refractivity contribution < 1.29 is 15.0 Å². The van der Waals surface area contributed by atoms with Gasteiger partial charge in [-0.1, -0.05) is 12.2 Å². The van der Waals surface area contributed by atoms with Crippen LogP contribution in [0.4, 0.5) is 0 Å². The van der Waals surface area contributed by atoms with Gasteiger partial charge in [-0.25, -0.2) is 4.79 Å². The lowest BCUT2D eigenvalue weighted by Gasteiger charge is -2.07. The van der Waals surface area contributed by atoms with Gasteiger partial charge in [0.1, 0.15) is 5.76 Å². The summed E-state index contributed by atoms with van der Waals surface area (Å²) in [5.74, 6) is -0.603. The molecule has 0 saturated heterocycles. The lowest BCUT2D eigenvalue weighted by atomic mass is 10.00. The summed E-state index contributed by atoms with van der Waals surface area (Å²) < 4.78 is 0. The molecule has 1 rings (SSSR count). The van der Waals surface area contributed by atoms with Crippen LogP contribution < -0.4 is 0 Å². The number of rotatable bonds is 2. The molecule has 1 aliphatic rings. The van der Waals surface area contributed by atoms with E-state index in [0.717, 1.165) is 6.08 Å². The van der Waals surface area contributed by atoms with Crippen molar-refractivity contribution in [2.75, 3.05) is 0 Å². The lowest BCUT2D eigenvalue weighted by molar-refractivity contribution is -0.131. The van der Waals surface area contributed by atoms with Crippen molar-refractivity contribution >= 4 is 5.97 Å². The molecule has 1 aliphatic carbocycles. The Kier molecular flexibility index (Phi) is 2.69. The number of aliphatic hydroxyl groups excluding tert-OH is 1. The van der Waals surface area contributed by atoms with E-state index in [9.17, 15) is 4.79 Å². The monoisotopic (exact) mass is 166 g/mol. The maximum Gasteiger partial charge on any atom is 0.327 e. The van der Waals surface area contributed by atoms with Gasteiger partial charge >= 0.3 is 5.97 Å². The zero-order valence-corrected chi connectivity index (χ0v) is 6.47. The highest BCUT2D eigenvalue weighted by molar-refractivity contribution is 5.79. The SMILES string of the molecule is O=C(O)C=CC1C=CC(O)=CC1. The molecule has 0 heterocycles. The smallest absolute Gasteiger partial charge is 0.327 e. The molecule has 64 valence electrons. The molecule has 0 spiro atoms. The van der Waals surface area contributed by atoms with E-state index in [2.05, 4.69) is 0 Å². The number of carboxylic acid groups (broad SMARTS) is 1. The Balaban J connectivity index is 2.49. The fraction of sp³-hybridized carbons (Fsp3) is 0.222. The van der Waals surface area contributed by atoms with Crippen molar-refractivity contribution in [2.24, 2.45) is 5.92 Å². The van der Waals surface area contributed by atoms with Crippen LogP contribution in [-0.2, 0) is 4.79 Å². The summed E-state index contributed by atoms with van der Waals surface area (Å²) in [6.45, 7) is 0. The van der Waals surface area contributed by atoms with Crippen LogP contribution in [0.25, 0.3) is 0 Å². The zero-order valence-electron chi connectivity index (χ0n) is 6.47. The molecule has 0 aromatic carbocycles. The van der Waals surface area contributed by atoms with Crippen LogP contribution in [0.5, 0.6) is 0 Å². The fourth-order valence-electron chi connectivity index (χ4n) is 0.974. The fourth-order valence-corrected chi connectivity index (χ4v) is 0.974. The van der Waals surface area contributed by atoms with E-state index >= 15 is 0 Å². The van der Waals surface area contributed by atoms with Crippen LogP contribution in [0, 0.1) is 5.92 Å². The molecule has 12 heavy (non-hydrogen) atoms. The third kappa shape index (κ3) is 2.62. The minimum atomic E-state index is -0.942. The molecular weight excluding hydrogens is 156 g/mol. The van der Waals surface area contributed by atoms with Crippen molar-refractivity contribution in [2.45, 2.75) is 6.42 Å². The predicted octanol–water partition coefficient (Wildman–Crippen LogP) is 1.65. The van der Waals surface area contributed by atoms with E-state index in [0.29, 0.717) is 6.42 Å². The Bertz CT molecular complexity index is 261. The van der Waals surface area contributed by atoms with Crippen molar-refractivity contribution in [1.82, 2.24) is 0 Å². The molecule has 0 saturated carbocycles. The highest BCUT2D eigenvalue weighted by Crippen LogP contribution is 2.15. The topological polar surface area (TPSA) is 57.5 Å². The lowest BCUT2D eigenvalue weighted by Crippen LogP contribution is -1.97. The molecule has 2 N–H and O–H groups in total. The number of allylic oxidation sites excluding steroid dienone is 4. The second kappa shape index (κ2) is 3.76. The van der Waals surface area contributed by atoms with Gasteiger partial charge in [0.15, 0.2) is 0 Å². The van der Waals surface area contributed by atoms with E-state index in [4.69, 9.17) is 10.2 Å². The number of carboxylic acids is 1. The predicted molar refractivity (Wildman–Crippen MR) is 44.7 cm³/mol. The second-order valence-corrected chi connectivity index (χ2v) is 2.59. The maximum absolute atomic E-state index is 10.1. The van der Waals surface area contributed by atoms with Gasteiger partial charge in [-0.3, -0.25) is 0 Å². The molecule has 0 aliphatic heterocycles. The standard InChI is InChI=1S/C9H10O3/c10-8-4-1-7(2-5-8)3-6-9(11)12/h1,3-7,10H,2H2,(H,11,12). The van der Waals surface area contributed by atoms with Gasteiger partial charge in [-0.15, -0.1) is 0 Å². The van der Waals surface area contributed by atoms with Crippen LogP contribution in [0.1, 0.15) is 6.42 Å². The number of hydrogen-bond donors (Lipinski definition) is 2. The molecular formula is C9H10O3. The normalized spacial score (nSPS) is 22.7. The Labute approximate surface area is 70.3 Å². The van der Waals surface area contributed by atoms with Gasteiger partial charge in [0.25, 0.3) is 0 Å². The first-order chi connectivity index (χ1) is 5.68. The summed E-state index contributed by atoms with van der Waals surface area (Å²) in [4.78, 5) is 10.1. The molecule has 0 radical (unpaired) electrons.